The minimum Gasteiger partial charge on any atom is -0.379 e. The Morgan fingerprint density at radius 2 is 2.04 bits per heavy atom. The van der Waals surface area contributed by atoms with Crippen molar-refractivity contribution in [3.8, 4) is 0 Å². The molecule has 7 heteroatoms. The summed E-state index contributed by atoms with van der Waals surface area (Å²) in [5.74, 6) is 0.669. The normalized spacial score (nSPS) is 20.3. The molecule has 2 aliphatic rings. The number of nitrogens with zero attached hydrogens (tertiary/aromatic N) is 5. The molecule has 1 saturated carbocycles. The fourth-order valence-corrected chi connectivity index (χ4v) is 3.43. The summed E-state index contributed by atoms with van der Waals surface area (Å²) < 4.78 is 7.45. The Labute approximate surface area is 136 Å². The topological polar surface area (TPSA) is 68.1 Å². The first kappa shape index (κ1) is 14.8. The zero-order valence-electron chi connectivity index (χ0n) is 13.4. The van der Waals surface area contributed by atoms with Crippen LogP contribution in [-0.2, 0) is 4.74 Å². The number of morpholine rings is 1. The third kappa shape index (κ3) is 3.45. The summed E-state index contributed by atoms with van der Waals surface area (Å²) >= 11 is 0. The van der Waals surface area contributed by atoms with Crippen LogP contribution in [0.1, 0.15) is 31.7 Å². The van der Waals surface area contributed by atoms with Crippen molar-refractivity contribution in [2.45, 2.75) is 31.7 Å². The zero-order chi connectivity index (χ0) is 15.5. The Bertz CT molecular complexity index is 645. The zero-order valence-corrected chi connectivity index (χ0v) is 13.4. The lowest BCUT2D eigenvalue weighted by molar-refractivity contribution is 0.0398. The predicted molar refractivity (Wildman–Crippen MR) is 88.6 cm³/mol. The summed E-state index contributed by atoms with van der Waals surface area (Å²) in [4.78, 5) is 11.4. The van der Waals surface area contributed by atoms with Gasteiger partial charge >= 0.3 is 0 Å². The molecule has 2 aromatic rings. The van der Waals surface area contributed by atoms with E-state index in [1.54, 1.807) is 0 Å². The van der Waals surface area contributed by atoms with Gasteiger partial charge in [0, 0.05) is 38.6 Å². The molecule has 0 bridgehead atoms. The molecule has 1 aliphatic carbocycles. The number of hydrogen-bond donors (Lipinski definition) is 1. The smallest absolute Gasteiger partial charge is 0.224 e. The van der Waals surface area contributed by atoms with E-state index in [0.717, 1.165) is 50.4 Å². The summed E-state index contributed by atoms with van der Waals surface area (Å²) in [7, 11) is 0. The van der Waals surface area contributed by atoms with E-state index in [9.17, 15) is 0 Å². The maximum Gasteiger partial charge on any atom is 0.224 e. The highest BCUT2D eigenvalue weighted by molar-refractivity contribution is 5.73. The highest BCUT2D eigenvalue weighted by atomic mass is 16.5. The number of anilines is 1. The molecule has 0 aromatic carbocycles. The van der Waals surface area contributed by atoms with Crippen LogP contribution in [0.2, 0.25) is 0 Å². The van der Waals surface area contributed by atoms with Crippen molar-refractivity contribution in [3.05, 3.63) is 12.4 Å². The first-order valence-corrected chi connectivity index (χ1v) is 8.64. The second kappa shape index (κ2) is 6.80. The average molecular weight is 316 g/mol. The molecule has 0 amide bonds. The second-order valence-electron chi connectivity index (χ2n) is 6.40. The van der Waals surface area contributed by atoms with Crippen molar-refractivity contribution in [2.24, 2.45) is 0 Å². The van der Waals surface area contributed by atoms with E-state index in [1.807, 2.05) is 6.20 Å². The number of aromatic nitrogens is 4. The molecule has 0 radical (unpaired) electrons. The minimum atomic E-state index is 0.543. The third-order valence-corrected chi connectivity index (χ3v) is 4.79. The molecule has 0 spiro atoms. The molecule has 1 N–H and O–H groups in total. The summed E-state index contributed by atoms with van der Waals surface area (Å²) in [6.45, 7) is 5.51. The molecule has 23 heavy (non-hydrogen) atoms. The van der Waals surface area contributed by atoms with E-state index in [0.29, 0.717) is 12.0 Å². The number of hydrogen-bond acceptors (Lipinski definition) is 6. The quantitative estimate of drug-likeness (QED) is 0.905. The van der Waals surface area contributed by atoms with Crippen molar-refractivity contribution in [3.63, 3.8) is 0 Å². The van der Waals surface area contributed by atoms with Gasteiger partial charge in [-0.15, -0.1) is 0 Å². The molecule has 7 nitrogen and oxygen atoms in total. The van der Waals surface area contributed by atoms with E-state index in [1.165, 1.54) is 25.7 Å². The Kier molecular flexibility index (Phi) is 4.39. The Morgan fingerprint density at radius 1 is 1.22 bits per heavy atom. The Morgan fingerprint density at radius 3 is 2.87 bits per heavy atom. The van der Waals surface area contributed by atoms with Gasteiger partial charge in [-0.05, 0) is 12.8 Å². The van der Waals surface area contributed by atoms with Gasteiger partial charge in [0.2, 0.25) is 5.95 Å². The van der Waals surface area contributed by atoms with Crippen LogP contribution in [0.5, 0.6) is 0 Å². The molecular weight excluding hydrogens is 292 g/mol. The summed E-state index contributed by atoms with van der Waals surface area (Å²) in [5, 5.41) is 8.98. The molecule has 0 atom stereocenters. The van der Waals surface area contributed by atoms with Gasteiger partial charge in [0.15, 0.2) is 5.65 Å². The van der Waals surface area contributed by atoms with Crippen LogP contribution in [0.4, 0.5) is 5.95 Å². The first-order valence-electron chi connectivity index (χ1n) is 8.64. The van der Waals surface area contributed by atoms with Gasteiger partial charge in [0.05, 0.1) is 24.6 Å². The molecule has 3 heterocycles. The monoisotopic (exact) mass is 316 g/mol. The maximum absolute atomic E-state index is 5.36. The largest absolute Gasteiger partial charge is 0.379 e. The fourth-order valence-electron chi connectivity index (χ4n) is 3.43. The van der Waals surface area contributed by atoms with Gasteiger partial charge in [-0.3, -0.25) is 9.58 Å². The van der Waals surface area contributed by atoms with Gasteiger partial charge in [0.25, 0.3) is 0 Å². The number of nitrogens with one attached hydrogen (secondary N) is 1. The Balaban J connectivity index is 1.37. The van der Waals surface area contributed by atoms with Crippen LogP contribution in [0.15, 0.2) is 12.4 Å². The van der Waals surface area contributed by atoms with Crippen molar-refractivity contribution in [1.29, 1.82) is 0 Å². The van der Waals surface area contributed by atoms with Crippen molar-refractivity contribution < 1.29 is 4.74 Å². The molecule has 1 aliphatic heterocycles. The fraction of sp³-hybridized carbons (Fsp3) is 0.688. The lowest BCUT2D eigenvalue weighted by atomic mass is 10.3. The predicted octanol–water partition coefficient (Wildman–Crippen LogP) is 1.69. The van der Waals surface area contributed by atoms with Crippen LogP contribution in [0.3, 0.4) is 0 Å². The van der Waals surface area contributed by atoms with Crippen molar-refractivity contribution >= 4 is 17.0 Å². The first-order chi connectivity index (χ1) is 11.4. The van der Waals surface area contributed by atoms with Crippen molar-refractivity contribution in [2.75, 3.05) is 44.7 Å². The van der Waals surface area contributed by atoms with Gasteiger partial charge in [-0.25, -0.2) is 4.98 Å². The minimum absolute atomic E-state index is 0.543. The van der Waals surface area contributed by atoms with Gasteiger partial charge in [-0.2, -0.15) is 10.1 Å². The van der Waals surface area contributed by atoms with Gasteiger partial charge in [-0.1, -0.05) is 12.8 Å². The average Bonchev–Trinajstić information content (AvgIpc) is 3.24. The van der Waals surface area contributed by atoms with Crippen LogP contribution in [-0.4, -0.2) is 64.0 Å². The number of ether oxygens (including phenoxy) is 1. The SMILES string of the molecule is c1nc(NCCN2CCOCC2)nc2nn(C3CCCC3)cc12. The molecule has 2 aromatic heterocycles. The second-order valence-corrected chi connectivity index (χ2v) is 6.40. The molecule has 4 rings (SSSR count). The van der Waals surface area contributed by atoms with Crippen LogP contribution < -0.4 is 5.32 Å². The lowest BCUT2D eigenvalue weighted by Crippen LogP contribution is -2.39. The summed E-state index contributed by atoms with van der Waals surface area (Å²) in [6.07, 6.45) is 9.03. The summed E-state index contributed by atoms with van der Waals surface area (Å²) in [6, 6.07) is 0.543. The van der Waals surface area contributed by atoms with Crippen LogP contribution in [0.25, 0.3) is 11.0 Å². The van der Waals surface area contributed by atoms with Crippen LogP contribution in [0, 0.1) is 0 Å². The molecule has 2 fully saturated rings. The van der Waals surface area contributed by atoms with E-state index in [2.05, 4.69) is 36.2 Å². The van der Waals surface area contributed by atoms with Crippen LogP contribution >= 0.6 is 0 Å². The third-order valence-electron chi connectivity index (χ3n) is 4.79. The van der Waals surface area contributed by atoms with E-state index >= 15 is 0 Å². The lowest BCUT2D eigenvalue weighted by Gasteiger charge is -2.26. The molecule has 0 unspecified atom stereocenters. The summed E-state index contributed by atoms with van der Waals surface area (Å²) in [5.41, 5.74) is 0.792. The maximum atomic E-state index is 5.36. The highest BCUT2D eigenvalue weighted by Crippen LogP contribution is 2.29. The van der Waals surface area contributed by atoms with Gasteiger partial charge < -0.3 is 10.1 Å². The van der Waals surface area contributed by atoms with E-state index in [4.69, 9.17) is 4.74 Å². The Hall–Kier alpha value is -1.73. The standard InChI is InChI=1S/C16H24N6O/c1-2-4-14(3-1)22-12-13-11-18-16(19-15(13)20-22)17-5-6-21-7-9-23-10-8-21/h11-12,14H,1-10H2,(H,17,19,20). The van der Waals surface area contributed by atoms with E-state index < -0.39 is 0 Å². The number of rotatable bonds is 5. The molecule has 1 saturated heterocycles. The van der Waals surface area contributed by atoms with Gasteiger partial charge in [0.1, 0.15) is 0 Å². The number of fused-ring (bicyclic) bond motifs is 1. The van der Waals surface area contributed by atoms with Crippen molar-refractivity contribution in [1.82, 2.24) is 24.6 Å². The van der Waals surface area contributed by atoms with E-state index in [-0.39, 0.29) is 0 Å². The highest BCUT2D eigenvalue weighted by Gasteiger charge is 2.18. The molecule has 124 valence electrons. The molecular formula is C16H24N6O.